The van der Waals surface area contributed by atoms with Gasteiger partial charge in [0.2, 0.25) is 5.91 Å². The Morgan fingerprint density at radius 3 is 2.67 bits per heavy atom. The summed E-state index contributed by atoms with van der Waals surface area (Å²) in [6, 6.07) is 8.46. The van der Waals surface area contributed by atoms with E-state index >= 15 is 0 Å². The second kappa shape index (κ2) is 6.94. The molecular weight excluding hydrogens is 262 g/mol. The van der Waals surface area contributed by atoms with Gasteiger partial charge in [-0.25, -0.2) is 0 Å². The van der Waals surface area contributed by atoms with Gasteiger partial charge in [0, 0.05) is 25.3 Å². The summed E-state index contributed by atoms with van der Waals surface area (Å²) >= 11 is 0. The van der Waals surface area contributed by atoms with Crippen molar-refractivity contribution in [2.45, 2.75) is 25.8 Å². The maximum Gasteiger partial charge on any atom is 0.227 e. The van der Waals surface area contributed by atoms with Gasteiger partial charge in [0.1, 0.15) is 0 Å². The molecule has 1 aromatic rings. The second-order valence-electron chi connectivity index (χ2n) is 6.32. The van der Waals surface area contributed by atoms with Crippen LogP contribution in [0.2, 0.25) is 0 Å². The predicted molar refractivity (Wildman–Crippen MR) is 87.5 cm³/mol. The van der Waals surface area contributed by atoms with E-state index in [1.165, 1.54) is 11.3 Å². The van der Waals surface area contributed by atoms with Crippen molar-refractivity contribution in [3.8, 4) is 0 Å². The molecule has 1 aliphatic heterocycles. The van der Waals surface area contributed by atoms with Crippen LogP contribution in [0.15, 0.2) is 24.3 Å². The highest BCUT2D eigenvalue weighted by molar-refractivity contribution is 5.81. The van der Waals surface area contributed by atoms with Gasteiger partial charge in [-0.15, -0.1) is 0 Å². The number of nitrogens with zero attached hydrogens (tertiary/aromatic N) is 2. The molecule has 4 heteroatoms. The summed E-state index contributed by atoms with van der Waals surface area (Å²) in [5.74, 6) is 0.285. The number of hydrogen-bond donors (Lipinski definition) is 1. The van der Waals surface area contributed by atoms with Gasteiger partial charge in [-0.1, -0.05) is 18.2 Å². The fourth-order valence-electron chi connectivity index (χ4n) is 2.92. The zero-order valence-corrected chi connectivity index (χ0v) is 13.6. The molecule has 0 aromatic heterocycles. The summed E-state index contributed by atoms with van der Waals surface area (Å²) in [7, 11) is 6.04. The Labute approximate surface area is 128 Å². The first kappa shape index (κ1) is 15.8. The molecule has 2 rings (SSSR count). The van der Waals surface area contributed by atoms with Crippen LogP contribution in [-0.4, -0.2) is 56.0 Å². The van der Waals surface area contributed by atoms with E-state index in [9.17, 15) is 4.79 Å². The Morgan fingerprint density at radius 2 is 1.95 bits per heavy atom. The van der Waals surface area contributed by atoms with E-state index < -0.39 is 0 Å². The lowest BCUT2D eigenvalue weighted by molar-refractivity contribution is -0.134. The molecule has 1 N–H and O–H groups in total. The van der Waals surface area contributed by atoms with Crippen LogP contribution in [0.3, 0.4) is 0 Å². The van der Waals surface area contributed by atoms with Crippen LogP contribution >= 0.6 is 0 Å². The van der Waals surface area contributed by atoms with Crippen molar-refractivity contribution in [3.63, 3.8) is 0 Å². The molecule has 0 spiro atoms. The van der Waals surface area contributed by atoms with E-state index in [2.05, 4.69) is 43.4 Å². The van der Waals surface area contributed by atoms with E-state index in [-0.39, 0.29) is 17.9 Å². The number of para-hydroxylation sites is 1. The smallest absolute Gasteiger partial charge is 0.227 e. The normalized spacial score (nSPS) is 20.8. The highest BCUT2D eigenvalue weighted by Gasteiger charge is 2.31. The maximum atomic E-state index is 12.7. The van der Waals surface area contributed by atoms with E-state index in [0.717, 1.165) is 25.9 Å². The van der Waals surface area contributed by atoms with Crippen LogP contribution in [-0.2, 0) is 11.2 Å². The number of carbonyl (C=O) groups is 1. The van der Waals surface area contributed by atoms with Crippen LogP contribution in [0.25, 0.3) is 0 Å². The number of rotatable bonds is 5. The number of benzene rings is 1. The van der Waals surface area contributed by atoms with Crippen molar-refractivity contribution in [2.75, 3.05) is 39.5 Å². The Bertz CT molecular complexity index is 487. The first-order valence-electron chi connectivity index (χ1n) is 7.73. The summed E-state index contributed by atoms with van der Waals surface area (Å²) in [6.45, 7) is 3.94. The highest BCUT2D eigenvalue weighted by atomic mass is 16.2. The number of carbonyl (C=O) groups excluding carboxylic acids is 1. The van der Waals surface area contributed by atoms with Gasteiger partial charge in [0.05, 0.1) is 5.92 Å². The van der Waals surface area contributed by atoms with Crippen molar-refractivity contribution < 1.29 is 4.79 Å². The van der Waals surface area contributed by atoms with Gasteiger partial charge in [-0.05, 0) is 52.0 Å². The third-order valence-electron chi connectivity index (χ3n) is 4.24. The third kappa shape index (κ3) is 3.97. The molecule has 116 valence electrons. The van der Waals surface area contributed by atoms with Crippen molar-refractivity contribution in [1.82, 2.24) is 9.80 Å². The maximum absolute atomic E-state index is 12.7. The van der Waals surface area contributed by atoms with E-state index in [1.807, 2.05) is 24.1 Å². The van der Waals surface area contributed by atoms with Gasteiger partial charge in [0.25, 0.3) is 0 Å². The molecule has 0 radical (unpaired) electrons. The van der Waals surface area contributed by atoms with Crippen molar-refractivity contribution in [3.05, 3.63) is 29.8 Å². The quantitative estimate of drug-likeness (QED) is 0.901. The second-order valence-corrected chi connectivity index (χ2v) is 6.32. The van der Waals surface area contributed by atoms with Gasteiger partial charge in [0.15, 0.2) is 0 Å². The lowest BCUT2D eigenvalue weighted by Crippen LogP contribution is -2.44. The monoisotopic (exact) mass is 289 g/mol. The number of amides is 1. The van der Waals surface area contributed by atoms with Gasteiger partial charge in [-0.3, -0.25) is 4.79 Å². The van der Waals surface area contributed by atoms with Crippen LogP contribution in [0.1, 0.15) is 18.9 Å². The van der Waals surface area contributed by atoms with Crippen LogP contribution in [0.5, 0.6) is 0 Å². The zero-order valence-electron chi connectivity index (χ0n) is 13.6. The third-order valence-corrected chi connectivity index (χ3v) is 4.24. The van der Waals surface area contributed by atoms with Crippen LogP contribution < -0.4 is 5.32 Å². The average molecular weight is 289 g/mol. The molecule has 1 aromatic carbocycles. The molecule has 21 heavy (non-hydrogen) atoms. The molecule has 1 aliphatic rings. The average Bonchev–Trinajstić information content (AvgIpc) is 2.45. The van der Waals surface area contributed by atoms with Crippen LogP contribution in [0.4, 0.5) is 5.69 Å². The molecule has 2 atom stereocenters. The number of fused-ring (bicyclic) bond motifs is 1. The Hall–Kier alpha value is -1.55. The minimum Gasteiger partial charge on any atom is -0.382 e. The fraction of sp³-hybridized carbons (Fsp3) is 0.588. The van der Waals surface area contributed by atoms with E-state index in [1.54, 1.807) is 0 Å². The summed E-state index contributed by atoms with van der Waals surface area (Å²) in [5.41, 5.74) is 2.42. The standard InChI is InChI=1S/C17H27N3O/c1-13-15(12-14-8-5-6-9-16(14)18-13)17(21)20(4)11-7-10-19(2)3/h5-6,8-9,13,15,18H,7,10-12H2,1-4H3. The molecule has 0 fully saturated rings. The number of nitrogens with one attached hydrogen (secondary N) is 1. The minimum atomic E-state index is 0.0317. The van der Waals surface area contributed by atoms with Gasteiger partial charge >= 0.3 is 0 Å². The number of anilines is 1. The Balaban J connectivity index is 1.96. The molecule has 2 unspecified atom stereocenters. The topological polar surface area (TPSA) is 35.6 Å². The minimum absolute atomic E-state index is 0.0317. The molecule has 0 saturated carbocycles. The summed E-state index contributed by atoms with van der Waals surface area (Å²) in [5, 5.41) is 3.46. The lowest BCUT2D eigenvalue weighted by atomic mass is 9.87. The highest BCUT2D eigenvalue weighted by Crippen LogP contribution is 2.29. The van der Waals surface area contributed by atoms with Gasteiger partial charge in [-0.2, -0.15) is 0 Å². The fourth-order valence-corrected chi connectivity index (χ4v) is 2.92. The largest absolute Gasteiger partial charge is 0.382 e. The Kier molecular flexibility index (Phi) is 5.23. The first-order chi connectivity index (χ1) is 9.99. The molecule has 1 amide bonds. The molecular formula is C17H27N3O. The van der Waals surface area contributed by atoms with Gasteiger partial charge < -0.3 is 15.1 Å². The Morgan fingerprint density at radius 1 is 1.24 bits per heavy atom. The van der Waals surface area contributed by atoms with Crippen molar-refractivity contribution in [1.29, 1.82) is 0 Å². The first-order valence-corrected chi connectivity index (χ1v) is 7.73. The van der Waals surface area contributed by atoms with E-state index in [0.29, 0.717) is 0 Å². The molecule has 0 bridgehead atoms. The molecule has 1 heterocycles. The lowest BCUT2D eigenvalue weighted by Gasteiger charge is -2.34. The SMILES string of the molecule is CC1Nc2ccccc2CC1C(=O)N(C)CCCN(C)C. The van der Waals surface area contributed by atoms with E-state index in [4.69, 9.17) is 0 Å². The zero-order chi connectivity index (χ0) is 15.4. The summed E-state index contributed by atoms with van der Waals surface area (Å²) in [4.78, 5) is 16.7. The summed E-state index contributed by atoms with van der Waals surface area (Å²) < 4.78 is 0. The van der Waals surface area contributed by atoms with Crippen molar-refractivity contribution >= 4 is 11.6 Å². The van der Waals surface area contributed by atoms with Crippen LogP contribution in [0, 0.1) is 5.92 Å². The van der Waals surface area contributed by atoms with Crippen molar-refractivity contribution in [2.24, 2.45) is 5.92 Å². The predicted octanol–water partition coefficient (Wildman–Crippen LogP) is 2.07. The number of hydrogen-bond acceptors (Lipinski definition) is 3. The summed E-state index contributed by atoms with van der Waals surface area (Å²) in [6.07, 6.45) is 1.85. The molecule has 0 aliphatic carbocycles. The molecule has 0 saturated heterocycles. The molecule has 4 nitrogen and oxygen atoms in total.